The van der Waals surface area contributed by atoms with Gasteiger partial charge in [0.2, 0.25) is 5.91 Å². The van der Waals surface area contributed by atoms with Crippen LogP contribution in [0.25, 0.3) is 10.9 Å². The maximum Gasteiger partial charge on any atom is 0.231 e. The molecule has 1 aromatic carbocycles. The van der Waals surface area contributed by atoms with Crippen molar-refractivity contribution in [1.29, 1.82) is 0 Å². The molecule has 128 valence electrons. The van der Waals surface area contributed by atoms with Gasteiger partial charge in [-0.15, -0.1) is 11.3 Å². The number of hydrogen-bond acceptors (Lipinski definition) is 5. The Morgan fingerprint density at radius 3 is 3.04 bits per heavy atom. The van der Waals surface area contributed by atoms with E-state index in [1.54, 1.807) is 6.20 Å². The van der Waals surface area contributed by atoms with Gasteiger partial charge in [-0.2, -0.15) is 0 Å². The molecule has 25 heavy (non-hydrogen) atoms. The number of pyridine rings is 1. The second-order valence-corrected chi connectivity index (χ2v) is 7.36. The molecule has 0 saturated carbocycles. The normalized spacial score (nSPS) is 17.6. The summed E-state index contributed by atoms with van der Waals surface area (Å²) in [6.45, 7) is 3.79. The van der Waals surface area contributed by atoms with Gasteiger partial charge in [0.05, 0.1) is 11.4 Å². The summed E-state index contributed by atoms with van der Waals surface area (Å²) in [7, 11) is 0. The molecule has 0 radical (unpaired) electrons. The fourth-order valence-corrected chi connectivity index (χ4v) is 3.96. The number of nitrogens with zero attached hydrogens (tertiary/aromatic N) is 3. The number of thiazole rings is 1. The predicted molar refractivity (Wildman–Crippen MR) is 102 cm³/mol. The van der Waals surface area contributed by atoms with Gasteiger partial charge < -0.3 is 10.2 Å². The minimum absolute atomic E-state index is 0.0225. The molecule has 3 aromatic rings. The molecular formula is C19H20N4OS. The van der Waals surface area contributed by atoms with Crippen molar-refractivity contribution in [3.05, 3.63) is 47.6 Å². The fraction of sp³-hybridized carbons (Fsp3) is 0.316. The van der Waals surface area contributed by atoms with Crippen molar-refractivity contribution in [3.63, 3.8) is 0 Å². The topological polar surface area (TPSA) is 58.1 Å². The van der Waals surface area contributed by atoms with Crippen LogP contribution in [0.2, 0.25) is 0 Å². The molecule has 1 amide bonds. The predicted octanol–water partition coefficient (Wildman–Crippen LogP) is 3.85. The van der Waals surface area contributed by atoms with E-state index in [0.29, 0.717) is 5.13 Å². The van der Waals surface area contributed by atoms with Crippen LogP contribution < -0.4 is 10.2 Å². The van der Waals surface area contributed by atoms with Crippen molar-refractivity contribution in [2.75, 3.05) is 23.3 Å². The Balaban J connectivity index is 1.57. The molecule has 4 rings (SSSR count). The summed E-state index contributed by atoms with van der Waals surface area (Å²) in [5.41, 5.74) is 3.38. The Labute approximate surface area is 150 Å². The van der Waals surface area contributed by atoms with E-state index in [0.717, 1.165) is 36.8 Å². The number of piperidine rings is 1. The second kappa shape index (κ2) is 6.80. The third-order valence-corrected chi connectivity index (χ3v) is 5.36. The Bertz CT molecular complexity index is 894. The average molecular weight is 352 g/mol. The summed E-state index contributed by atoms with van der Waals surface area (Å²) in [5.74, 6) is 0.0415. The molecule has 0 aliphatic carbocycles. The summed E-state index contributed by atoms with van der Waals surface area (Å²) >= 11 is 1.45. The van der Waals surface area contributed by atoms with Gasteiger partial charge in [-0.05, 0) is 38.0 Å². The number of anilines is 2. The zero-order valence-electron chi connectivity index (χ0n) is 14.1. The minimum atomic E-state index is -0.0225. The summed E-state index contributed by atoms with van der Waals surface area (Å²) in [6.07, 6.45) is 5.48. The number of carbonyl (C=O) groups is 1. The van der Waals surface area contributed by atoms with Crippen LogP contribution >= 0.6 is 11.3 Å². The van der Waals surface area contributed by atoms with Crippen LogP contribution in [-0.2, 0) is 4.79 Å². The van der Waals surface area contributed by atoms with E-state index >= 15 is 0 Å². The van der Waals surface area contributed by atoms with Crippen molar-refractivity contribution < 1.29 is 4.79 Å². The summed E-state index contributed by atoms with van der Waals surface area (Å²) in [5, 5.41) is 6.64. The van der Waals surface area contributed by atoms with Crippen molar-refractivity contribution in [2.45, 2.75) is 19.8 Å². The number of carbonyl (C=O) groups excluding carboxylic acids is 1. The van der Waals surface area contributed by atoms with E-state index < -0.39 is 0 Å². The number of rotatable bonds is 3. The van der Waals surface area contributed by atoms with Gasteiger partial charge in [0, 0.05) is 41.9 Å². The third kappa shape index (κ3) is 3.35. The molecule has 1 aliphatic rings. The summed E-state index contributed by atoms with van der Waals surface area (Å²) in [4.78, 5) is 23.5. The molecular weight excluding hydrogens is 332 g/mol. The van der Waals surface area contributed by atoms with E-state index in [2.05, 4.69) is 51.4 Å². The monoisotopic (exact) mass is 352 g/mol. The molecule has 1 aliphatic heterocycles. The number of hydrogen-bond donors (Lipinski definition) is 1. The quantitative estimate of drug-likeness (QED) is 0.778. The average Bonchev–Trinajstić information content (AvgIpc) is 3.14. The van der Waals surface area contributed by atoms with Crippen LogP contribution in [0.3, 0.4) is 0 Å². The number of benzene rings is 1. The Morgan fingerprint density at radius 1 is 1.28 bits per heavy atom. The highest BCUT2D eigenvalue weighted by molar-refractivity contribution is 7.13. The standard InChI is InChI=1S/C19H20N4OS/c1-13-4-5-16-15(11-13)17(6-7-20-16)23-9-2-3-14(12-23)18(24)22-19-21-8-10-25-19/h4-8,10-11,14H,2-3,9,12H2,1H3,(H,21,22,24). The molecule has 6 heteroatoms. The van der Waals surface area contributed by atoms with E-state index in [9.17, 15) is 4.79 Å². The van der Waals surface area contributed by atoms with E-state index in [1.165, 1.54) is 22.6 Å². The highest BCUT2D eigenvalue weighted by atomic mass is 32.1. The smallest absolute Gasteiger partial charge is 0.231 e. The van der Waals surface area contributed by atoms with Crippen LogP contribution in [0, 0.1) is 12.8 Å². The lowest BCUT2D eigenvalue weighted by atomic mass is 9.96. The van der Waals surface area contributed by atoms with Crippen molar-refractivity contribution in [1.82, 2.24) is 9.97 Å². The van der Waals surface area contributed by atoms with Crippen LogP contribution in [0.1, 0.15) is 18.4 Å². The Morgan fingerprint density at radius 2 is 2.20 bits per heavy atom. The number of aryl methyl sites for hydroxylation is 1. The minimum Gasteiger partial charge on any atom is -0.370 e. The molecule has 2 aromatic heterocycles. The summed E-state index contributed by atoms with van der Waals surface area (Å²) < 4.78 is 0. The third-order valence-electron chi connectivity index (χ3n) is 4.67. The molecule has 1 N–H and O–H groups in total. The first-order valence-electron chi connectivity index (χ1n) is 8.51. The molecule has 0 spiro atoms. The Hall–Kier alpha value is -2.47. The number of fused-ring (bicyclic) bond motifs is 1. The lowest BCUT2D eigenvalue weighted by Gasteiger charge is -2.34. The number of aromatic nitrogens is 2. The highest BCUT2D eigenvalue weighted by Gasteiger charge is 2.27. The molecule has 1 fully saturated rings. The first-order valence-corrected chi connectivity index (χ1v) is 9.39. The second-order valence-electron chi connectivity index (χ2n) is 6.46. The molecule has 0 bridgehead atoms. The Kier molecular flexibility index (Phi) is 4.36. The maximum absolute atomic E-state index is 12.6. The molecule has 1 unspecified atom stereocenters. The van der Waals surface area contributed by atoms with Crippen LogP contribution in [0.15, 0.2) is 42.0 Å². The van der Waals surface area contributed by atoms with Gasteiger partial charge in [0.1, 0.15) is 0 Å². The first kappa shape index (κ1) is 16.0. The van der Waals surface area contributed by atoms with Crippen LogP contribution in [0.5, 0.6) is 0 Å². The van der Waals surface area contributed by atoms with Crippen molar-refractivity contribution in [3.8, 4) is 0 Å². The van der Waals surface area contributed by atoms with E-state index in [-0.39, 0.29) is 11.8 Å². The molecule has 1 saturated heterocycles. The molecule has 3 heterocycles. The van der Waals surface area contributed by atoms with Gasteiger partial charge in [-0.25, -0.2) is 4.98 Å². The summed E-state index contributed by atoms with van der Waals surface area (Å²) in [6, 6.07) is 8.38. The van der Waals surface area contributed by atoms with Gasteiger partial charge in [-0.3, -0.25) is 9.78 Å². The van der Waals surface area contributed by atoms with E-state index in [4.69, 9.17) is 0 Å². The first-order chi connectivity index (χ1) is 12.2. The lowest BCUT2D eigenvalue weighted by Crippen LogP contribution is -2.40. The van der Waals surface area contributed by atoms with Gasteiger partial charge in [0.15, 0.2) is 5.13 Å². The number of nitrogens with one attached hydrogen (secondary N) is 1. The van der Waals surface area contributed by atoms with Gasteiger partial charge in [0.25, 0.3) is 0 Å². The van der Waals surface area contributed by atoms with Gasteiger partial charge in [-0.1, -0.05) is 11.6 Å². The van der Waals surface area contributed by atoms with E-state index in [1.807, 2.05) is 11.6 Å². The highest BCUT2D eigenvalue weighted by Crippen LogP contribution is 2.30. The zero-order valence-corrected chi connectivity index (χ0v) is 14.9. The van der Waals surface area contributed by atoms with Crippen molar-refractivity contribution in [2.24, 2.45) is 5.92 Å². The largest absolute Gasteiger partial charge is 0.370 e. The molecule has 1 atom stereocenters. The van der Waals surface area contributed by atoms with Gasteiger partial charge >= 0.3 is 0 Å². The SMILES string of the molecule is Cc1ccc2nccc(N3CCCC(C(=O)Nc4nccs4)C3)c2c1. The zero-order chi connectivity index (χ0) is 17.2. The maximum atomic E-state index is 12.6. The fourth-order valence-electron chi connectivity index (χ4n) is 3.42. The molecule has 5 nitrogen and oxygen atoms in total. The van der Waals surface area contributed by atoms with Crippen LogP contribution in [-0.4, -0.2) is 29.0 Å². The number of amides is 1. The van der Waals surface area contributed by atoms with Crippen molar-refractivity contribution >= 4 is 39.0 Å². The van der Waals surface area contributed by atoms with Crippen LogP contribution in [0.4, 0.5) is 10.8 Å². The lowest BCUT2D eigenvalue weighted by molar-refractivity contribution is -0.120.